The minimum atomic E-state index is -3.77. The standard InChI is InChI=1S/C18H17BrNO3S/c1-4-23-18-13(3)20(16-8-6-5-7-14(16)18)24(21,22)17-10-9-12(2)11-15(17)19/h5-11H,1,4H2,2-3H3. The van der Waals surface area contributed by atoms with E-state index in [-0.39, 0.29) is 11.5 Å². The van der Waals surface area contributed by atoms with E-state index in [1.165, 1.54) is 3.97 Å². The van der Waals surface area contributed by atoms with Gasteiger partial charge in [-0.1, -0.05) is 18.2 Å². The molecular weight excluding hydrogens is 390 g/mol. The van der Waals surface area contributed by atoms with Crippen LogP contribution in [0.15, 0.2) is 51.8 Å². The maximum Gasteiger partial charge on any atom is 0.269 e. The number of rotatable bonds is 4. The van der Waals surface area contributed by atoms with Crippen LogP contribution in [0, 0.1) is 20.8 Å². The number of fused-ring (bicyclic) bond motifs is 1. The summed E-state index contributed by atoms with van der Waals surface area (Å²) < 4.78 is 34.0. The van der Waals surface area contributed by atoms with Crippen LogP contribution >= 0.6 is 15.9 Å². The highest BCUT2D eigenvalue weighted by molar-refractivity contribution is 9.10. The van der Waals surface area contributed by atoms with Gasteiger partial charge in [-0.15, -0.1) is 0 Å². The predicted octanol–water partition coefficient (Wildman–Crippen LogP) is 4.47. The zero-order valence-corrected chi connectivity index (χ0v) is 15.8. The van der Waals surface area contributed by atoms with Crippen molar-refractivity contribution in [2.75, 3.05) is 6.61 Å². The molecule has 0 saturated heterocycles. The molecule has 6 heteroatoms. The molecular formula is C18H17BrNO3S. The molecule has 1 aromatic heterocycles. The first-order valence-corrected chi connectivity index (χ1v) is 9.65. The van der Waals surface area contributed by atoms with Gasteiger partial charge in [-0.3, -0.25) is 0 Å². The third kappa shape index (κ3) is 2.63. The normalized spacial score (nSPS) is 11.8. The Morgan fingerprint density at radius 2 is 1.88 bits per heavy atom. The van der Waals surface area contributed by atoms with E-state index in [1.807, 2.05) is 25.1 Å². The fraction of sp³-hybridized carbons (Fsp3) is 0.167. The van der Waals surface area contributed by atoms with Crippen molar-refractivity contribution in [3.63, 3.8) is 0 Å². The second-order valence-electron chi connectivity index (χ2n) is 5.48. The summed E-state index contributed by atoms with van der Waals surface area (Å²) in [6, 6.07) is 12.5. The minimum absolute atomic E-state index is 0.220. The highest BCUT2D eigenvalue weighted by atomic mass is 79.9. The lowest BCUT2D eigenvalue weighted by atomic mass is 10.2. The van der Waals surface area contributed by atoms with E-state index < -0.39 is 10.0 Å². The highest BCUT2D eigenvalue weighted by Gasteiger charge is 2.27. The summed E-state index contributed by atoms with van der Waals surface area (Å²) in [6.45, 7) is 7.57. The van der Waals surface area contributed by atoms with Gasteiger partial charge in [0.2, 0.25) is 0 Å². The smallest absolute Gasteiger partial charge is 0.269 e. The first-order chi connectivity index (χ1) is 11.4. The van der Waals surface area contributed by atoms with Crippen molar-refractivity contribution < 1.29 is 13.2 Å². The summed E-state index contributed by atoms with van der Waals surface area (Å²) in [6.07, 6.45) is 0. The van der Waals surface area contributed by atoms with Crippen LogP contribution in [0.4, 0.5) is 0 Å². The molecule has 0 aliphatic heterocycles. The molecule has 0 spiro atoms. The first-order valence-electron chi connectivity index (χ1n) is 7.41. The Kier molecular flexibility index (Phi) is 4.44. The van der Waals surface area contributed by atoms with E-state index in [0.717, 1.165) is 10.9 Å². The number of ether oxygens (including phenoxy) is 1. The molecule has 0 unspecified atom stereocenters. The van der Waals surface area contributed by atoms with Crippen LogP contribution in [0.2, 0.25) is 0 Å². The van der Waals surface area contributed by atoms with Crippen LogP contribution in [-0.4, -0.2) is 19.0 Å². The molecule has 0 fully saturated rings. The molecule has 0 atom stereocenters. The van der Waals surface area contributed by atoms with Crippen molar-refractivity contribution in [1.82, 2.24) is 3.97 Å². The van der Waals surface area contributed by atoms with Gasteiger partial charge in [0, 0.05) is 9.86 Å². The summed E-state index contributed by atoms with van der Waals surface area (Å²) in [5.74, 6) is 0.549. The molecule has 0 aliphatic rings. The fourth-order valence-corrected chi connectivity index (χ4v) is 5.53. The van der Waals surface area contributed by atoms with Crippen LogP contribution in [-0.2, 0) is 10.0 Å². The van der Waals surface area contributed by atoms with Gasteiger partial charge in [0.05, 0.1) is 17.8 Å². The maximum absolute atomic E-state index is 13.3. The average Bonchev–Trinajstić information content (AvgIpc) is 2.80. The van der Waals surface area contributed by atoms with Crippen LogP contribution in [0.5, 0.6) is 5.75 Å². The highest BCUT2D eigenvalue weighted by Crippen LogP contribution is 2.36. The summed E-state index contributed by atoms with van der Waals surface area (Å²) in [4.78, 5) is 0.220. The van der Waals surface area contributed by atoms with E-state index >= 15 is 0 Å². The Balaban J connectivity index is 2.35. The van der Waals surface area contributed by atoms with Crippen LogP contribution < -0.4 is 4.74 Å². The van der Waals surface area contributed by atoms with Crippen molar-refractivity contribution >= 4 is 36.9 Å². The van der Waals surface area contributed by atoms with Crippen LogP contribution in [0.25, 0.3) is 10.9 Å². The predicted molar refractivity (Wildman–Crippen MR) is 99.0 cm³/mol. The largest absolute Gasteiger partial charge is 0.491 e. The molecule has 0 amide bonds. The number of hydrogen-bond acceptors (Lipinski definition) is 3. The number of nitrogens with zero attached hydrogens (tertiary/aromatic N) is 1. The third-order valence-corrected chi connectivity index (χ3v) is 6.63. The van der Waals surface area contributed by atoms with Crippen molar-refractivity contribution in [2.24, 2.45) is 0 Å². The van der Waals surface area contributed by atoms with Gasteiger partial charge in [0.25, 0.3) is 10.0 Å². The average molecular weight is 407 g/mol. The Morgan fingerprint density at radius 3 is 2.54 bits per heavy atom. The second kappa shape index (κ2) is 6.26. The number of para-hydroxylation sites is 1. The van der Waals surface area contributed by atoms with Crippen molar-refractivity contribution in [1.29, 1.82) is 0 Å². The van der Waals surface area contributed by atoms with Crippen LogP contribution in [0.3, 0.4) is 0 Å². The molecule has 3 rings (SSSR count). The number of hydrogen-bond donors (Lipinski definition) is 0. The van der Waals surface area contributed by atoms with Crippen molar-refractivity contribution in [3.05, 3.63) is 65.1 Å². The van der Waals surface area contributed by atoms with E-state index in [4.69, 9.17) is 4.74 Å². The molecule has 1 radical (unpaired) electrons. The molecule has 1 heterocycles. The molecule has 24 heavy (non-hydrogen) atoms. The molecule has 4 nitrogen and oxygen atoms in total. The Morgan fingerprint density at radius 1 is 1.17 bits per heavy atom. The molecule has 0 saturated carbocycles. The molecule has 125 valence electrons. The first kappa shape index (κ1) is 17.0. The second-order valence-corrected chi connectivity index (χ2v) is 8.09. The molecule has 0 bridgehead atoms. The number of benzene rings is 2. The molecule has 3 aromatic rings. The summed E-state index contributed by atoms with van der Waals surface area (Å²) in [7, 11) is -3.77. The van der Waals surface area contributed by atoms with Gasteiger partial charge < -0.3 is 4.74 Å². The van der Waals surface area contributed by atoms with Crippen molar-refractivity contribution in [3.8, 4) is 5.75 Å². The maximum atomic E-state index is 13.3. The van der Waals surface area contributed by atoms with Gasteiger partial charge in [0.15, 0.2) is 0 Å². The molecule has 2 aromatic carbocycles. The zero-order chi connectivity index (χ0) is 17.5. The fourth-order valence-electron chi connectivity index (χ4n) is 2.82. The van der Waals surface area contributed by atoms with Gasteiger partial charge in [-0.25, -0.2) is 12.4 Å². The molecule has 0 aliphatic carbocycles. The zero-order valence-electron chi connectivity index (χ0n) is 13.4. The Hall–Kier alpha value is -1.79. The minimum Gasteiger partial charge on any atom is -0.491 e. The van der Waals surface area contributed by atoms with E-state index in [1.54, 1.807) is 31.2 Å². The summed E-state index contributed by atoms with van der Waals surface area (Å²) in [5.41, 5.74) is 2.11. The lowest BCUT2D eigenvalue weighted by Gasteiger charge is -2.12. The number of aryl methyl sites for hydroxylation is 1. The number of halogens is 1. The van der Waals surface area contributed by atoms with Gasteiger partial charge in [0.1, 0.15) is 10.6 Å². The Bertz CT molecular complexity index is 1020. The topological polar surface area (TPSA) is 48.3 Å². The molecule has 0 N–H and O–H groups in total. The van der Waals surface area contributed by atoms with Gasteiger partial charge >= 0.3 is 0 Å². The number of aromatic nitrogens is 1. The van der Waals surface area contributed by atoms with Gasteiger partial charge in [-0.2, -0.15) is 0 Å². The monoisotopic (exact) mass is 406 g/mol. The third-order valence-electron chi connectivity index (χ3n) is 3.85. The van der Waals surface area contributed by atoms with E-state index in [0.29, 0.717) is 21.4 Å². The van der Waals surface area contributed by atoms with Crippen molar-refractivity contribution in [2.45, 2.75) is 18.7 Å². The van der Waals surface area contributed by atoms with E-state index in [9.17, 15) is 8.42 Å². The Labute approximate surface area is 150 Å². The van der Waals surface area contributed by atoms with E-state index in [2.05, 4.69) is 22.9 Å². The van der Waals surface area contributed by atoms with Crippen LogP contribution in [0.1, 0.15) is 11.3 Å². The lowest BCUT2D eigenvalue weighted by molar-refractivity contribution is 0.362. The van der Waals surface area contributed by atoms with Gasteiger partial charge in [-0.05, 0) is 66.5 Å². The quantitative estimate of drug-likeness (QED) is 0.641. The summed E-state index contributed by atoms with van der Waals surface area (Å²) >= 11 is 3.37. The summed E-state index contributed by atoms with van der Waals surface area (Å²) in [5, 5.41) is 0.755. The SMILES string of the molecule is [CH2]COc1c(C)n(S(=O)(=O)c2ccc(C)cc2Br)c2ccccc12. The lowest BCUT2D eigenvalue weighted by Crippen LogP contribution is -2.15.